The maximum Gasteiger partial charge on any atom is 0.119 e. The largest absolute Gasteiger partial charge is 0.492 e. The molecule has 15 heavy (non-hydrogen) atoms. The van der Waals surface area contributed by atoms with Crippen LogP contribution in [-0.2, 0) is 6.54 Å². The van der Waals surface area contributed by atoms with Gasteiger partial charge in [0.25, 0.3) is 0 Å². The first-order chi connectivity index (χ1) is 7.26. The van der Waals surface area contributed by atoms with Gasteiger partial charge in [0.1, 0.15) is 12.4 Å². The van der Waals surface area contributed by atoms with Gasteiger partial charge in [-0.05, 0) is 31.3 Å². The van der Waals surface area contributed by atoms with E-state index in [0.29, 0.717) is 6.54 Å². The van der Waals surface area contributed by atoms with Crippen LogP contribution in [0.3, 0.4) is 0 Å². The topological polar surface area (TPSA) is 38.5 Å². The molecule has 0 atom stereocenters. The number of nitrogens with two attached hydrogens (primary N) is 1. The van der Waals surface area contributed by atoms with Crippen molar-refractivity contribution in [1.82, 2.24) is 4.90 Å². The first-order valence-electron chi connectivity index (χ1n) is 5.36. The first-order valence-corrected chi connectivity index (χ1v) is 5.36. The van der Waals surface area contributed by atoms with Crippen molar-refractivity contribution >= 4 is 0 Å². The van der Waals surface area contributed by atoms with E-state index in [0.717, 1.165) is 31.0 Å². The summed E-state index contributed by atoms with van der Waals surface area (Å²) in [6.45, 7) is 5.41. The monoisotopic (exact) mass is 208 g/mol. The Morgan fingerprint density at radius 3 is 2.87 bits per heavy atom. The summed E-state index contributed by atoms with van der Waals surface area (Å²) in [5, 5.41) is 0. The lowest BCUT2D eigenvalue weighted by Crippen LogP contribution is -2.23. The van der Waals surface area contributed by atoms with Crippen LogP contribution in [0.25, 0.3) is 0 Å². The van der Waals surface area contributed by atoms with Gasteiger partial charge in [-0.1, -0.05) is 19.1 Å². The van der Waals surface area contributed by atoms with E-state index in [9.17, 15) is 0 Å². The van der Waals surface area contributed by atoms with E-state index >= 15 is 0 Å². The fourth-order valence-corrected chi connectivity index (χ4v) is 1.24. The fraction of sp³-hybridized carbons (Fsp3) is 0.500. The van der Waals surface area contributed by atoms with Gasteiger partial charge < -0.3 is 15.4 Å². The SMILES string of the molecule is CCN(C)CCOc1cccc(CN)c1. The molecule has 1 aromatic carbocycles. The zero-order valence-corrected chi connectivity index (χ0v) is 9.57. The Morgan fingerprint density at radius 2 is 2.20 bits per heavy atom. The second kappa shape index (κ2) is 6.43. The molecular formula is C12H20N2O. The number of rotatable bonds is 6. The predicted octanol–water partition coefficient (Wildman–Crippen LogP) is 1.48. The van der Waals surface area contributed by atoms with Gasteiger partial charge in [-0.25, -0.2) is 0 Å². The molecule has 0 spiro atoms. The third-order valence-electron chi connectivity index (χ3n) is 2.42. The van der Waals surface area contributed by atoms with Crippen LogP contribution in [0.5, 0.6) is 5.75 Å². The molecule has 1 aromatic rings. The summed E-state index contributed by atoms with van der Waals surface area (Å²) in [7, 11) is 2.08. The van der Waals surface area contributed by atoms with Gasteiger partial charge in [0.2, 0.25) is 0 Å². The Kier molecular flexibility index (Phi) is 5.15. The summed E-state index contributed by atoms with van der Waals surface area (Å²) in [4.78, 5) is 2.22. The molecule has 2 N–H and O–H groups in total. The Labute approximate surface area is 91.8 Å². The fourth-order valence-electron chi connectivity index (χ4n) is 1.24. The van der Waals surface area contributed by atoms with Crippen molar-refractivity contribution in [2.75, 3.05) is 26.7 Å². The zero-order valence-electron chi connectivity index (χ0n) is 9.57. The van der Waals surface area contributed by atoms with Crippen LogP contribution in [0.15, 0.2) is 24.3 Å². The summed E-state index contributed by atoms with van der Waals surface area (Å²) in [6, 6.07) is 7.93. The molecular weight excluding hydrogens is 188 g/mol. The zero-order chi connectivity index (χ0) is 11.1. The number of nitrogens with zero attached hydrogens (tertiary/aromatic N) is 1. The van der Waals surface area contributed by atoms with E-state index in [-0.39, 0.29) is 0 Å². The molecule has 0 fully saturated rings. The standard InChI is InChI=1S/C12H20N2O/c1-3-14(2)7-8-15-12-6-4-5-11(9-12)10-13/h4-6,9H,3,7-8,10,13H2,1-2H3. The normalized spacial score (nSPS) is 10.7. The Bertz CT molecular complexity index is 289. The molecule has 1 rings (SSSR count). The van der Waals surface area contributed by atoms with Crippen molar-refractivity contribution in [2.24, 2.45) is 5.73 Å². The first kappa shape index (κ1) is 12.0. The number of hydrogen-bond acceptors (Lipinski definition) is 3. The van der Waals surface area contributed by atoms with E-state index in [4.69, 9.17) is 10.5 Å². The minimum atomic E-state index is 0.562. The molecule has 0 radical (unpaired) electrons. The molecule has 0 unspecified atom stereocenters. The molecule has 0 aliphatic heterocycles. The molecule has 0 saturated carbocycles. The highest BCUT2D eigenvalue weighted by Gasteiger charge is 1.97. The molecule has 84 valence electrons. The van der Waals surface area contributed by atoms with Crippen molar-refractivity contribution in [1.29, 1.82) is 0 Å². The van der Waals surface area contributed by atoms with Crippen LogP contribution in [0.2, 0.25) is 0 Å². The van der Waals surface area contributed by atoms with Crippen LogP contribution in [0, 0.1) is 0 Å². The Hall–Kier alpha value is -1.06. The van der Waals surface area contributed by atoms with Gasteiger partial charge in [-0.3, -0.25) is 0 Å². The predicted molar refractivity (Wildman–Crippen MR) is 63.0 cm³/mol. The van der Waals surface area contributed by atoms with Crippen molar-refractivity contribution in [3.05, 3.63) is 29.8 Å². The summed E-state index contributed by atoms with van der Waals surface area (Å²) in [5.41, 5.74) is 6.66. The molecule has 3 heteroatoms. The lowest BCUT2D eigenvalue weighted by Gasteiger charge is -2.14. The highest BCUT2D eigenvalue weighted by molar-refractivity contribution is 5.28. The summed E-state index contributed by atoms with van der Waals surface area (Å²) in [5.74, 6) is 0.905. The molecule has 0 saturated heterocycles. The number of ether oxygens (including phenoxy) is 1. The van der Waals surface area contributed by atoms with Crippen LogP contribution in [0.1, 0.15) is 12.5 Å². The third kappa shape index (κ3) is 4.32. The minimum absolute atomic E-state index is 0.562. The van der Waals surface area contributed by atoms with Crippen LogP contribution in [0.4, 0.5) is 0 Å². The van der Waals surface area contributed by atoms with Crippen molar-refractivity contribution in [3.8, 4) is 5.75 Å². The molecule has 0 amide bonds. The maximum absolute atomic E-state index is 5.62. The van der Waals surface area contributed by atoms with E-state index in [1.807, 2.05) is 24.3 Å². The average molecular weight is 208 g/mol. The van der Waals surface area contributed by atoms with E-state index in [2.05, 4.69) is 18.9 Å². The summed E-state index contributed by atoms with van der Waals surface area (Å²) in [6.07, 6.45) is 0. The molecule has 0 heterocycles. The second-order valence-corrected chi connectivity index (χ2v) is 3.60. The third-order valence-corrected chi connectivity index (χ3v) is 2.42. The van der Waals surface area contributed by atoms with Crippen molar-refractivity contribution in [2.45, 2.75) is 13.5 Å². The van der Waals surface area contributed by atoms with Gasteiger partial charge in [0.15, 0.2) is 0 Å². The minimum Gasteiger partial charge on any atom is -0.492 e. The van der Waals surface area contributed by atoms with E-state index in [1.165, 1.54) is 0 Å². The quantitative estimate of drug-likeness (QED) is 0.769. The summed E-state index contributed by atoms with van der Waals surface area (Å²) >= 11 is 0. The number of benzene rings is 1. The molecule has 0 aliphatic carbocycles. The Balaban J connectivity index is 2.37. The molecule has 3 nitrogen and oxygen atoms in total. The highest BCUT2D eigenvalue weighted by Crippen LogP contribution is 2.12. The lowest BCUT2D eigenvalue weighted by molar-refractivity contribution is 0.243. The highest BCUT2D eigenvalue weighted by atomic mass is 16.5. The van der Waals surface area contributed by atoms with Gasteiger partial charge in [0, 0.05) is 13.1 Å². The van der Waals surface area contributed by atoms with Crippen LogP contribution < -0.4 is 10.5 Å². The smallest absolute Gasteiger partial charge is 0.119 e. The summed E-state index contributed by atoms with van der Waals surface area (Å²) < 4.78 is 5.62. The van der Waals surface area contributed by atoms with Gasteiger partial charge in [-0.15, -0.1) is 0 Å². The van der Waals surface area contributed by atoms with Gasteiger partial charge in [0.05, 0.1) is 0 Å². The average Bonchev–Trinajstić information content (AvgIpc) is 2.29. The van der Waals surface area contributed by atoms with Crippen molar-refractivity contribution in [3.63, 3.8) is 0 Å². The molecule has 0 bridgehead atoms. The maximum atomic E-state index is 5.62. The van der Waals surface area contributed by atoms with Crippen molar-refractivity contribution < 1.29 is 4.74 Å². The number of hydrogen-bond donors (Lipinski definition) is 1. The van der Waals surface area contributed by atoms with Crippen LogP contribution >= 0.6 is 0 Å². The second-order valence-electron chi connectivity index (χ2n) is 3.60. The van der Waals surface area contributed by atoms with Gasteiger partial charge in [-0.2, -0.15) is 0 Å². The van der Waals surface area contributed by atoms with E-state index < -0.39 is 0 Å². The number of likely N-dealkylation sites (N-methyl/N-ethyl adjacent to an activating group) is 1. The molecule has 0 aromatic heterocycles. The van der Waals surface area contributed by atoms with Gasteiger partial charge >= 0.3 is 0 Å². The molecule has 0 aliphatic rings. The lowest BCUT2D eigenvalue weighted by atomic mass is 10.2. The Morgan fingerprint density at radius 1 is 1.40 bits per heavy atom. The van der Waals surface area contributed by atoms with Crippen LogP contribution in [-0.4, -0.2) is 31.6 Å². The van der Waals surface area contributed by atoms with E-state index in [1.54, 1.807) is 0 Å².